The zero-order valence-corrected chi connectivity index (χ0v) is 10.2. The summed E-state index contributed by atoms with van der Waals surface area (Å²) in [5.74, 6) is -0.248. The van der Waals surface area contributed by atoms with Crippen molar-refractivity contribution in [1.29, 1.82) is 0 Å². The first kappa shape index (κ1) is 11.9. The van der Waals surface area contributed by atoms with Crippen LogP contribution in [0.4, 0.5) is 15.8 Å². The van der Waals surface area contributed by atoms with Crippen LogP contribution in [0.25, 0.3) is 0 Å². The van der Waals surface area contributed by atoms with E-state index in [9.17, 15) is 4.39 Å². The second-order valence-corrected chi connectivity index (χ2v) is 3.92. The van der Waals surface area contributed by atoms with Crippen LogP contribution < -0.4 is 4.90 Å². The van der Waals surface area contributed by atoms with Gasteiger partial charge >= 0.3 is 0 Å². The van der Waals surface area contributed by atoms with E-state index in [4.69, 9.17) is 11.6 Å². The lowest BCUT2D eigenvalue weighted by Crippen LogP contribution is -2.17. The van der Waals surface area contributed by atoms with Crippen LogP contribution in [-0.2, 0) is 0 Å². The van der Waals surface area contributed by atoms with Crippen LogP contribution in [0.1, 0.15) is 6.92 Å². The van der Waals surface area contributed by atoms with Crippen molar-refractivity contribution in [3.8, 4) is 0 Å². The first-order valence-electron chi connectivity index (χ1n) is 5.36. The molecule has 0 bridgehead atoms. The molecule has 0 spiro atoms. The van der Waals surface area contributed by atoms with Gasteiger partial charge in [0, 0.05) is 18.4 Å². The van der Waals surface area contributed by atoms with Crippen LogP contribution in [-0.4, -0.2) is 11.5 Å². The minimum absolute atomic E-state index is 0.248. The Hall–Kier alpha value is -1.61. The quantitative estimate of drug-likeness (QED) is 0.765. The fourth-order valence-electron chi connectivity index (χ4n) is 1.72. The van der Waals surface area contributed by atoms with E-state index in [1.54, 1.807) is 24.4 Å². The number of benzene rings is 1. The Morgan fingerprint density at radius 2 is 2.06 bits per heavy atom. The third-order valence-electron chi connectivity index (χ3n) is 2.48. The van der Waals surface area contributed by atoms with Gasteiger partial charge in [-0.1, -0.05) is 23.7 Å². The fourth-order valence-corrected chi connectivity index (χ4v) is 1.89. The SMILES string of the molecule is CCN(c1ccnc(Cl)c1)c1ccccc1F. The average Bonchev–Trinajstić information content (AvgIpc) is 2.33. The van der Waals surface area contributed by atoms with E-state index in [-0.39, 0.29) is 5.82 Å². The van der Waals surface area contributed by atoms with Crippen molar-refractivity contribution in [3.05, 3.63) is 53.6 Å². The topological polar surface area (TPSA) is 16.1 Å². The Bertz CT molecular complexity index is 516. The summed E-state index contributed by atoms with van der Waals surface area (Å²) < 4.78 is 13.7. The van der Waals surface area contributed by atoms with Gasteiger partial charge in [0.2, 0.25) is 0 Å². The molecule has 0 unspecified atom stereocenters. The Labute approximate surface area is 105 Å². The fraction of sp³-hybridized carbons (Fsp3) is 0.154. The van der Waals surface area contributed by atoms with E-state index in [0.717, 1.165) is 5.69 Å². The maximum Gasteiger partial charge on any atom is 0.146 e. The predicted molar refractivity (Wildman–Crippen MR) is 68.3 cm³/mol. The average molecular weight is 251 g/mol. The van der Waals surface area contributed by atoms with Crippen LogP contribution in [0.3, 0.4) is 0 Å². The van der Waals surface area contributed by atoms with E-state index < -0.39 is 0 Å². The lowest BCUT2D eigenvalue weighted by atomic mass is 10.2. The maximum atomic E-state index is 13.7. The van der Waals surface area contributed by atoms with Crippen LogP contribution in [0, 0.1) is 5.82 Å². The number of para-hydroxylation sites is 1. The van der Waals surface area contributed by atoms with Gasteiger partial charge in [-0.25, -0.2) is 9.37 Å². The number of rotatable bonds is 3. The van der Waals surface area contributed by atoms with Gasteiger partial charge in [-0.3, -0.25) is 0 Å². The first-order valence-corrected chi connectivity index (χ1v) is 5.73. The summed E-state index contributed by atoms with van der Waals surface area (Å²) in [6, 6.07) is 10.2. The summed E-state index contributed by atoms with van der Waals surface area (Å²) in [7, 11) is 0. The molecule has 2 aromatic rings. The smallest absolute Gasteiger partial charge is 0.146 e. The van der Waals surface area contributed by atoms with Crippen molar-refractivity contribution >= 4 is 23.0 Å². The second kappa shape index (κ2) is 5.15. The van der Waals surface area contributed by atoms with Gasteiger partial charge in [-0.05, 0) is 31.2 Å². The highest BCUT2D eigenvalue weighted by molar-refractivity contribution is 6.29. The van der Waals surface area contributed by atoms with Crippen LogP contribution in [0.15, 0.2) is 42.6 Å². The molecule has 17 heavy (non-hydrogen) atoms. The summed E-state index contributed by atoms with van der Waals surface area (Å²) in [5.41, 5.74) is 1.37. The molecule has 0 N–H and O–H groups in total. The molecule has 88 valence electrons. The van der Waals surface area contributed by atoms with E-state index >= 15 is 0 Å². The van der Waals surface area contributed by atoms with Gasteiger partial charge < -0.3 is 4.90 Å². The molecule has 1 aromatic heterocycles. The molecule has 1 aromatic carbocycles. The van der Waals surface area contributed by atoms with Gasteiger partial charge in [0.1, 0.15) is 11.0 Å². The Kier molecular flexibility index (Phi) is 3.59. The molecule has 0 aliphatic carbocycles. The molecule has 4 heteroatoms. The zero-order valence-electron chi connectivity index (χ0n) is 9.40. The number of pyridine rings is 1. The molecule has 0 amide bonds. The highest BCUT2D eigenvalue weighted by Gasteiger charge is 2.11. The molecule has 0 aliphatic heterocycles. The van der Waals surface area contributed by atoms with Crippen LogP contribution >= 0.6 is 11.6 Å². The largest absolute Gasteiger partial charge is 0.339 e. The third-order valence-corrected chi connectivity index (χ3v) is 2.69. The Morgan fingerprint density at radius 3 is 2.71 bits per heavy atom. The highest BCUT2D eigenvalue weighted by Crippen LogP contribution is 2.28. The normalized spacial score (nSPS) is 10.3. The maximum absolute atomic E-state index is 13.7. The van der Waals surface area contributed by atoms with E-state index in [2.05, 4.69) is 4.98 Å². The van der Waals surface area contributed by atoms with Crippen molar-refractivity contribution < 1.29 is 4.39 Å². The van der Waals surface area contributed by atoms with Gasteiger partial charge in [-0.15, -0.1) is 0 Å². The molecule has 0 fully saturated rings. The monoisotopic (exact) mass is 250 g/mol. The number of hydrogen-bond acceptors (Lipinski definition) is 2. The minimum atomic E-state index is -0.248. The second-order valence-electron chi connectivity index (χ2n) is 3.53. The molecule has 0 saturated carbocycles. The van der Waals surface area contributed by atoms with Gasteiger partial charge in [0.15, 0.2) is 0 Å². The molecule has 1 heterocycles. The summed E-state index contributed by atoms with van der Waals surface area (Å²) in [6.07, 6.45) is 1.61. The number of anilines is 2. The van der Waals surface area contributed by atoms with Crippen molar-refractivity contribution in [1.82, 2.24) is 4.98 Å². The summed E-state index contributed by atoms with van der Waals surface area (Å²) in [5, 5.41) is 0.400. The van der Waals surface area contributed by atoms with Crippen LogP contribution in [0.2, 0.25) is 5.15 Å². The van der Waals surface area contributed by atoms with Crippen molar-refractivity contribution in [2.45, 2.75) is 6.92 Å². The summed E-state index contributed by atoms with van der Waals surface area (Å²) >= 11 is 5.84. The summed E-state index contributed by atoms with van der Waals surface area (Å²) in [6.45, 7) is 2.61. The first-order chi connectivity index (χ1) is 8.22. The van der Waals surface area contributed by atoms with Gasteiger partial charge in [-0.2, -0.15) is 0 Å². The molecule has 2 rings (SSSR count). The Morgan fingerprint density at radius 1 is 1.29 bits per heavy atom. The highest BCUT2D eigenvalue weighted by atomic mass is 35.5. The molecular formula is C13H12ClFN2. The molecule has 0 saturated heterocycles. The molecule has 2 nitrogen and oxygen atoms in total. The number of aromatic nitrogens is 1. The zero-order chi connectivity index (χ0) is 12.3. The van der Waals surface area contributed by atoms with Gasteiger partial charge in [0.05, 0.1) is 5.69 Å². The number of nitrogens with zero attached hydrogens (tertiary/aromatic N) is 2. The van der Waals surface area contributed by atoms with Crippen molar-refractivity contribution in [2.24, 2.45) is 0 Å². The van der Waals surface area contributed by atoms with Crippen LogP contribution in [0.5, 0.6) is 0 Å². The van der Waals surface area contributed by atoms with E-state index in [1.165, 1.54) is 6.07 Å². The van der Waals surface area contributed by atoms with E-state index in [0.29, 0.717) is 17.4 Å². The lowest BCUT2D eigenvalue weighted by Gasteiger charge is -2.23. The molecule has 0 aliphatic rings. The number of hydrogen-bond donors (Lipinski definition) is 0. The summed E-state index contributed by atoms with van der Waals surface area (Å²) in [4.78, 5) is 5.77. The van der Waals surface area contributed by atoms with Crippen molar-refractivity contribution in [3.63, 3.8) is 0 Å². The lowest BCUT2D eigenvalue weighted by molar-refractivity contribution is 0.625. The number of halogens is 2. The molecule has 0 atom stereocenters. The third kappa shape index (κ3) is 2.56. The minimum Gasteiger partial charge on any atom is -0.339 e. The molecular weight excluding hydrogens is 239 g/mol. The van der Waals surface area contributed by atoms with Crippen molar-refractivity contribution in [2.75, 3.05) is 11.4 Å². The van der Waals surface area contributed by atoms with E-state index in [1.807, 2.05) is 24.0 Å². The predicted octanol–water partition coefficient (Wildman–Crippen LogP) is 4.03. The standard InChI is InChI=1S/C13H12ClFN2/c1-2-17(10-7-8-16-13(14)9-10)12-6-4-3-5-11(12)15/h3-9H,2H2,1H3. The van der Waals surface area contributed by atoms with Gasteiger partial charge in [0.25, 0.3) is 0 Å². The Balaban J connectivity index is 2.44. The molecule has 0 radical (unpaired) electrons.